The SMILES string of the molecule is N#CC1=C(O)C(O)(c2ccccc2)CC1c1ccc2c(c1)OCO2. The molecule has 5 nitrogen and oxygen atoms in total. The molecular formula is C19H15NO4. The van der Waals surface area contributed by atoms with Crippen LogP contribution in [0.2, 0.25) is 0 Å². The van der Waals surface area contributed by atoms with E-state index < -0.39 is 11.5 Å². The summed E-state index contributed by atoms with van der Waals surface area (Å²) in [6, 6.07) is 16.4. The second-order valence-electron chi connectivity index (χ2n) is 5.97. The predicted molar refractivity (Wildman–Crippen MR) is 85.5 cm³/mol. The lowest BCUT2D eigenvalue weighted by Gasteiger charge is -2.24. The summed E-state index contributed by atoms with van der Waals surface area (Å²) < 4.78 is 10.7. The van der Waals surface area contributed by atoms with Crippen molar-refractivity contribution in [1.82, 2.24) is 0 Å². The maximum atomic E-state index is 11.0. The summed E-state index contributed by atoms with van der Waals surface area (Å²) in [6.45, 7) is 0.170. The average molecular weight is 321 g/mol. The maximum Gasteiger partial charge on any atom is 0.231 e. The molecule has 120 valence electrons. The summed E-state index contributed by atoms with van der Waals surface area (Å²) in [7, 11) is 0. The molecule has 0 radical (unpaired) electrons. The van der Waals surface area contributed by atoms with Crippen LogP contribution in [0.25, 0.3) is 0 Å². The minimum Gasteiger partial charge on any atom is -0.508 e. The minimum absolute atomic E-state index is 0.170. The highest BCUT2D eigenvalue weighted by Crippen LogP contribution is 2.50. The van der Waals surface area contributed by atoms with Gasteiger partial charge in [0, 0.05) is 5.92 Å². The van der Waals surface area contributed by atoms with Crippen LogP contribution in [0.15, 0.2) is 59.9 Å². The molecule has 0 aromatic heterocycles. The molecule has 1 heterocycles. The van der Waals surface area contributed by atoms with E-state index in [1.54, 1.807) is 36.4 Å². The number of rotatable bonds is 2. The number of hydrogen-bond donors (Lipinski definition) is 2. The Bertz CT molecular complexity index is 869. The van der Waals surface area contributed by atoms with E-state index in [0.29, 0.717) is 17.1 Å². The number of ether oxygens (including phenoxy) is 2. The molecule has 0 amide bonds. The molecule has 0 saturated carbocycles. The molecule has 1 aliphatic heterocycles. The molecule has 2 aliphatic rings. The Morgan fingerprint density at radius 1 is 1.08 bits per heavy atom. The van der Waals surface area contributed by atoms with E-state index in [9.17, 15) is 15.5 Å². The number of fused-ring (bicyclic) bond motifs is 1. The smallest absolute Gasteiger partial charge is 0.231 e. The van der Waals surface area contributed by atoms with Crippen molar-refractivity contribution in [2.75, 3.05) is 6.79 Å². The molecular weight excluding hydrogens is 306 g/mol. The van der Waals surface area contributed by atoms with Crippen LogP contribution in [0.1, 0.15) is 23.5 Å². The van der Waals surface area contributed by atoms with Crippen LogP contribution in [0.3, 0.4) is 0 Å². The van der Waals surface area contributed by atoms with E-state index in [2.05, 4.69) is 6.07 Å². The molecule has 24 heavy (non-hydrogen) atoms. The summed E-state index contributed by atoms with van der Waals surface area (Å²) >= 11 is 0. The van der Waals surface area contributed by atoms with Crippen LogP contribution in [0, 0.1) is 11.3 Å². The van der Waals surface area contributed by atoms with Crippen LogP contribution in [0.5, 0.6) is 11.5 Å². The Kier molecular flexibility index (Phi) is 3.22. The van der Waals surface area contributed by atoms with Crippen LogP contribution < -0.4 is 9.47 Å². The first-order valence-corrected chi connectivity index (χ1v) is 7.64. The zero-order chi connectivity index (χ0) is 16.7. The quantitative estimate of drug-likeness (QED) is 0.888. The fourth-order valence-corrected chi connectivity index (χ4v) is 3.40. The van der Waals surface area contributed by atoms with Crippen molar-refractivity contribution in [3.8, 4) is 17.6 Å². The highest BCUT2D eigenvalue weighted by atomic mass is 16.7. The number of nitrogens with zero attached hydrogens (tertiary/aromatic N) is 1. The van der Waals surface area contributed by atoms with Crippen LogP contribution >= 0.6 is 0 Å². The van der Waals surface area contributed by atoms with Gasteiger partial charge in [-0.15, -0.1) is 0 Å². The molecule has 2 unspecified atom stereocenters. The fraction of sp³-hybridized carbons (Fsp3) is 0.211. The molecule has 0 spiro atoms. The van der Waals surface area contributed by atoms with Gasteiger partial charge in [0.1, 0.15) is 11.4 Å². The lowest BCUT2D eigenvalue weighted by Crippen LogP contribution is -2.25. The summed E-state index contributed by atoms with van der Waals surface area (Å²) in [5.74, 6) is 0.579. The van der Waals surface area contributed by atoms with Gasteiger partial charge in [-0.25, -0.2) is 0 Å². The third kappa shape index (κ3) is 2.04. The molecule has 4 rings (SSSR count). The summed E-state index contributed by atoms with van der Waals surface area (Å²) in [6.07, 6.45) is 0.200. The molecule has 0 bridgehead atoms. The van der Waals surface area contributed by atoms with Crippen molar-refractivity contribution >= 4 is 0 Å². The average Bonchev–Trinajstić information content (AvgIpc) is 3.18. The minimum atomic E-state index is -1.56. The first kappa shape index (κ1) is 14.6. The van der Waals surface area contributed by atoms with Gasteiger partial charge < -0.3 is 19.7 Å². The summed E-state index contributed by atoms with van der Waals surface area (Å²) in [4.78, 5) is 0. The highest BCUT2D eigenvalue weighted by Gasteiger charge is 2.47. The number of aliphatic hydroxyl groups is 2. The highest BCUT2D eigenvalue weighted by molar-refractivity contribution is 5.53. The zero-order valence-corrected chi connectivity index (χ0v) is 12.8. The second kappa shape index (κ2) is 5.29. The molecule has 5 heteroatoms. The van der Waals surface area contributed by atoms with Gasteiger partial charge in [-0.1, -0.05) is 36.4 Å². The molecule has 2 aromatic rings. The van der Waals surface area contributed by atoms with Crippen LogP contribution in [0.4, 0.5) is 0 Å². The van der Waals surface area contributed by atoms with E-state index in [1.807, 2.05) is 12.1 Å². The molecule has 2 atom stereocenters. The zero-order valence-electron chi connectivity index (χ0n) is 12.8. The third-order valence-corrected chi connectivity index (χ3v) is 4.67. The summed E-state index contributed by atoms with van der Waals surface area (Å²) in [5.41, 5.74) is -0.0131. The van der Waals surface area contributed by atoms with Crippen molar-refractivity contribution in [3.05, 3.63) is 71.0 Å². The number of benzene rings is 2. The third-order valence-electron chi connectivity index (χ3n) is 4.67. The van der Waals surface area contributed by atoms with E-state index in [1.165, 1.54) is 0 Å². The van der Waals surface area contributed by atoms with Crippen molar-refractivity contribution in [1.29, 1.82) is 5.26 Å². The van der Waals surface area contributed by atoms with Gasteiger partial charge in [0.2, 0.25) is 6.79 Å². The second-order valence-corrected chi connectivity index (χ2v) is 5.97. The summed E-state index contributed by atoms with van der Waals surface area (Å²) in [5, 5.41) is 31.1. The van der Waals surface area contributed by atoms with Gasteiger partial charge in [-0.05, 0) is 29.7 Å². The van der Waals surface area contributed by atoms with Crippen LogP contribution in [-0.2, 0) is 5.60 Å². The normalized spacial score (nSPS) is 24.9. The van der Waals surface area contributed by atoms with E-state index in [4.69, 9.17) is 9.47 Å². The molecule has 0 saturated heterocycles. The van der Waals surface area contributed by atoms with Crippen molar-refractivity contribution in [2.24, 2.45) is 0 Å². The van der Waals surface area contributed by atoms with Crippen molar-refractivity contribution in [3.63, 3.8) is 0 Å². The van der Waals surface area contributed by atoms with Gasteiger partial charge in [-0.3, -0.25) is 0 Å². The predicted octanol–water partition coefficient (Wildman–Crippen LogP) is 3.13. The number of allylic oxidation sites excluding steroid dienone is 1. The number of hydrogen-bond acceptors (Lipinski definition) is 5. The van der Waals surface area contributed by atoms with E-state index in [-0.39, 0.29) is 24.5 Å². The van der Waals surface area contributed by atoms with Crippen molar-refractivity contribution in [2.45, 2.75) is 17.9 Å². The first-order valence-electron chi connectivity index (χ1n) is 7.64. The number of nitriles is 1. The Labute approximate surface area is 139 Å². The fourth-order valence-electron chi connectivity index (χ4n) is 3.40. The number of aliphatic hydroxyl groups excluding tert-OH is 1. The van der Waals surface area contributed by atoms with Gasteiger partial charge >= 0.3 is 0 Å². The molecule has 1 aliphatic carbocycles. The van der Waals surface area contributed by atoms with E-state index in [0.717, 1.165) is 5.56 Å². The topological polar surface area (TPSA) is 82.7 Å². The Morgan fingerprint density at radius 3 is 2.58 bits per heavy atom. The largest absolute Gasteiger partial charge is 0.508 e. The standard InChI is InChI=1S/C19H15NO4/c20-10-15-14(12-6-7-16-17(8-12)24-11-23-16)9-19(22,18(15)21)13-4-2-1-3-5-13/h1-8,14,21-22H,9,11H2. The Morgan fingerprint density at radius 2 is 1.83 bits per heavy atom. The monoisotopic (exact) mass is 321 g/mol. The van der Waals surface area contributed by atoms with Crippen molar-refractivity contribution < 1.29 is 19.7 Å². The van der Waals surface area contributed by atoms with Gasteiger partial charge in [0.15, 0.2) is 11.5 Å². The van der Waals surface area contributed by atoms with Gasteiger partial charge in [0.05, 0.1) is 11.6 Å². The van der Waals surface area contributed by atoms with Gasteiger partial charge in [-0.2, -0.15) is 5.26 Å². The maximum absolute atomic E-state index is 11.0. The Balaban J connectivity index is 1.78. The molecule has 2 aromatic carbocycles. The van der Waals surface area contributed by atoms with E-state index >= 15 is 0 Å². The lowest BCUT2D eigenvalue weighted by atomic mass is 9.86. The Hall–Kier alpha value is -2.97. The first-order chi connectivity index (χ1) is 11.6. The van der Waals surface area contributed by atoms with Crippen LogP contribution in [-0.4, -0.2) is 17.0 Å². The van der Waals surface area contributed by atoms with Gasteiger partial charge in [0.25, 0.3) is 0 Å². The lowest BCUT2D eigenvalue weighted by molar-refractivity contribution is 0.0337. The molecule has 2 N–H and O–H groups in total. The molecule has 0 fully saturated rings.